The molecule has 1 aromatic heterocycles. The number of carbonyl (C=O) groups is 1. The van der Waals surface area contributed by atoms with Gasteiger partial charge >= 0.3 is 6.09 Å². The van der Waals surface area contributed by atoms with Gasteiger partial charge in [-0.15, -0.1) is 0 Å². The number of unbranched alkanes of at least 4 members (excludes halogenated alkanes) is 1. The van der Waals surface area contributed by atoms with Crippen LogP contribution in [0.4, 0.5) is 4.79 Å². The first-order chi connectivity index (χ1) is 11.8. The predicted octanol–water partition coefficient (Wildman–Crippen LogP) is 3.52. The zero-order chi connectivity index (χ0) is 17.0. The molecule has 6 heteroatoms. The van der Waals surface area contributed by atoms with Crippen molar-refractivity contribution in [3.05, 3.63) is 59.9 Å². The van der Waals surface area contributed by atoms with Gasteiger partial charge in [0.05, 0.1) is 12.8 Å². The topological polar surface area (TPSA) is 72.8 Å². The predicted molar refractivity (Wildman–Crippen MR) is 92.0 cm³/mol. The zero-order valence-electron chi connectivity index (χ0n) is 13.6. The van der Waals surface area contributed by atoms with Gasteiger partial charge in [-0.05, 0) is 30.2 Å². The number of oxime groups is 1. The number of pyridine rings is 1. The standard InChI is InChI=1S/C18H21N3O3/c1-2-3-11-23-17-8-6-15(7-9-17)13-20-18(22)24-21-14-16-5-4-10-19-12-16/h4-10,12,14H,2-3,11,13H2,1H3,(H,20,22)/b21-14+. The highest BCUT2D eigenvalue weighted by Gasteiger charge is 2.02. The lowest BCUT2D eigenvalue weighted by Gasteiger charge is -2.07. The van der Waals surface area contributed by atoms with E-state index < -0.39 is 6.09 Å². The van der Waals surface area contributed by atoms with Crippen LogP contribution in [0.1, 0.15) is 30.9 Å². The highest BCUT2D eigenvalue weighted by atomic mass is 16.7. The van der Waals surface area contributed by atoms with Crippen LogP contribution < -0.4 is 10.1 Å². The summed E-state index contributed by atoms with van der Waals surface area (Å²) in [7, 11) is 0. The molecule has 0 saturated carbocycles. The normalized spacial score (nSPS) is 10.5. The molecule has 1 N–H and O–H groups in total. The van der Waals surface area contributed by atoms with Crippen LogP contribution in [0.15, 0.2) is 53.9 Å². The van der Waals surface area contributed by atoms with Crippen LogP contribution in [0.3, 0.4) is 0 Å². The van der Waals surface area contributed by atoms with Crippen LogP contribution in [0, 0.1) is 0 Å². The molecule has 0 aliphatic heterocycles. The molecule has 0 spiro atoms. The fourth-order valence-electron chi connectivity index (χ4n) is 1.83. The Kier molecular flexibility index (Phi) is 7.27. The molecule has 0 radical (unpaired) electrons. The van der Waals surface area contributed by atoms with Crippen molar-refractivity contribution in [3.8, 4) is 5.75 Å². The number of carbonyl (C=O) groups excluding carboxylic acids is 1. The van der Waals surface area contributed by atoms with E-state index in [1.807, 2.05) is 30.3 Å². The molecule has 24 heavy (non-hydrogen) atoms. The molecule has 2 rings (SSSR count). The van der Waals surface area contributed by atoms with E-state index in [0.29, 0.717) is 6.54 Å². The second kappa shape index (κ2) is 9.99. The number of rotatable bonds is 8. The molecule has 0 unspecified atom stereocenters. The third kappa shape index (κ3) is 6.48. The third-order valence-electron chi connectivity index (χ3n) is 3.15. The van der Waals surface area contributed by atoms with Gasteiger partial charge in [0.15, 0.2) is 0 Å². The van der Waals surface area contributed by atoms with Crippen molar-refractivity contribution < 1.29 is 14.4 Å². The second-order valence-electron chi connectivity index (χ2n) is 5.10. The van der Waals surface area contributed by atoms with Crippen LogP contribution in [-0.4, -0.2) is 23.9 Å². The molecule has 0 atom stereocenters. The van der Waals surface area contributed by atoms with Gasteiger partial charge in [-0.2, -0.15) is 0 Å². The van der Waals surface area contributed by atoms with Crippen molar-refractivity contribution in [3.63, 3.8) is 0 Å². The maximum Gasteiger partial charge on any atom is 0.433 e. The molecular formula is C18H21N3O3. The van der Waals surface area contributed by atoms with Gasteiger partial charge in [0, 0.05) is 24.5 Å². The Morgan fingerprint density at radius 1 is 1.29 bits per heavy atom. The Balaban J connectivity index is 1.70. The summed E-state index contributed by atoms with van der Waals surface area (Å²) < 4.78 is 5.59. The number of benzene rings is 1. The molecule has 0 aliphatic carbocycles. The number of ether oxygens (including phenoxy) is 1. The Labute approximate surface area is 141 Å². The van der Waals surface area contributed by atoms with Crippen LogP contribution in [0.25, 0.3) is 0 Å². The van der Waals surface area contributed by atoms with Gasteiger partial charge < -0.3 is 10.1 Å². The van der Waals surface area contributed by atoms with Gasteiger partial charge in [-0.25, -0.2) is 4.79 Å². The lowest BCUT2D eigenvalue weighted by molar-refractivity contribution is 0.151. The number of amides is 1. The lowest BCUT2D eigenvalue weighted by atomic mass is 10.2. The maximum atomic E-state index is 11.6. The van der Waals surface area contributed by atoms with Crippen molar-refractivity contribution >= 4 is 12.3 Å². The minimum atomic E-state index is -0.613. The second-order valence-corrected chi connectivity index (χ2v) is 5.10. The summed E-state index contributed by atoms with van der Waals surface area (Å²) in [6.45, 7) is 3.20. The molecule has 1 aromatic carbocycles. The number of nitrogens with one attached hydrogen (secondary N) is 1. The van der Waals surface area contributed by atoms with E-state index in [4.69, 9.17) is 9.57 Å². The number of hydrogen-bond donors (Lipinski definition) is 1. The summed E-state index contributed by atoms with van der Waals surface area (Å²) in [6, 6.07) is 11.2. The van der Waals surface area contributed by atoms with Gasteiger partial charge in [-0.1, -0.05) is 36.7 Å². The van der Waals surface area contributed by atoms with E-state index in [1.165, 1.54) is 6.21 Å². The van der Waals surface area contributed by atoms with Crippen molar-refractivity contribution in [2.45, 2.75) is 26.3 Å². The van der Waals surface area contributed by atoms with Gasteiger partial charge in [-0.3, -0.25) is 9.82 Å². The first-order valence-corrected chi connectivity index (χ1v) is 7.88. The summed E-state index contributed by atoms with van der Waals surface area (Å²) in [5, 5.41) is 6.24. The molecule has 1 amide bonds. The first-order valence-electron chi connectivity index (χ1n) is 7.88. The van der Waals surface area contributed by atoms with Crippen LogP contribution in [-0.2, 0) is 11.4 Å². The smallest absolute Gasteiger partial charge is 0.433 e. The summed E-state index contributed by atoms with van der Waals surface area (Å²) in [5.41, 5.74) is 1.70. The van der Waals surface area contributed by atoms with Gasteiger partial charge in [0.1, 0.15) is 5.75 Å². The van der Waals surface area contributed by atoms with Crippen molar-refractivity contribution in [2.75, 3.05) is 6.61 Å². The summed E-state index contributed by atoms with van der Waals surface area (Å²) in [5.74, 6) is 0.829. The first kappa shape index (κ1) is 17.5. The monoisotopic (exact) mass is 327 g/mol. The highest BCUT2D eigenvalue weighted by Crippen LogP contribution is 2.12. The van der Waals surface area contributed by atoms with Crippen molar-refractivity contribution in [1.82, 2.24) is 10.3 Å². The van der Waals surface area contributed by atoms with Crippen LogP contribution in [0.2, 0.25) is 0 Å². The van der Waals surface area contributed by atoms with Crippen LogP contribution in [0.5, 0.6) is 5.75 Å². The molecule has 0 fully saturated rings. The van der Waals surface area contributed by atoms with E-state index in [0.717, 1.165) is 36.3 Å². The van der Waals surface area contributed by atoms with E-state index in [1.54, 1.807) is 18.5 Å². The molecule has 0 aliphatic rings. The van der Waals surface area contributed by atoms with Crippen molar-refractivity contribution in [1.29, 1.82) is 0 Å². The average molecular weight is 327 g/mol. The Hall–Kier alpha value is -2.89. The minimum Gasteiger partial charge on any atom is -0.494 e. The molecule has 126 valence electrons. The SMILES string of the molecule is CCCCOc1ccc(CNC(=O)O/N=C/c2cccnc2)cc1. The van der Waals surface area contributed by atoms with Crippen LogP contribution >= 0.6 is 0 Å². The summed E-state index contributed by atoms with van der Waals surface area (Å²) in [6.07, 6.45) is 6.23. The fraction of sp³-hybridized carbons (Fsp3) is 0.278. The molecule has 2 aromatic rings. The maximum absolute atomic E-state index is 11.6. The van der Waals surface area contributed by atoms with E-state index in [-0.39, 0.29) is 0 Å². The van der Waals surface area contributed by atoms with E-state index in [9.17, 15) is 4.79 Å². The Bertz CT molecular complexity index is 642. The number of hydrogen-bond acceptors (Lipinski definition) is 5. The largest absolute Gasteiger partial charge is 0.494 e. The zero-order valence-corrected chi connectivity index (χ0v) is 13.6. The fourth-order valence-corrected chi connectivity index (χ4v) is 1.83. The lowest BCUT2D eigenvalue weighted by Crippen LogP contribution is -2.22. The minimum absolute atomic E-state index is 0.358. The third-order valence-corrected chi connectivity index (χ3v) is 3.15. The van der Waals surface area contributed by atoms with Crippen molar-refractivity contribution in [2.24, 2.45) is 5.16 Å². The summed E-state index contributed by atoms with van der Waals surface area (Å²) >= 11 is 0. The summed E-state index contributed by atoms with van der Waals surface area (Å²) in [4.78, 5) is 20.2. The highest BCUT2D eigenvalue weighted by molar-refractivity contribution is 5.79. The molecule has 1 heterocycles. The number of aromatic nitrogens is 1. The Morgan fingerprint density at radius 2 is 2.12 bits per heavy atom. The quantitative estimate of drug-likeness (QED) is 0.348. The van der Waals surface area contributed by atoms with E-state index in [2.05, 4.69) is 22.4 Å². The van der Waals surface area contributed by atoms with E-state index >= 15 is 0 Å². The molecule has 6 nitrogen and oxygen atoms in total. The molecule has 0 saturated heterocycles. The van der Waals surface area contributed by atoms with Gasteiger partial charge in [0.2, 0.25) is 0 Å². The average Bonchev–Trinajstić information content (AvgIpc) is 2.62. The number of nitrogens with zero attached hydrogens (tertiary/aromatic N) is 2. The molecular weight excluding hydrogens is 306 g/mol. The van der Waals surface area contributed by atoms with Gasteiger partial charge in [0.25, 0.3) is 0 Å². The Morgan fingerprint density at radius 3 is 2.83 bits per heavy atom. The molecule has 0 bridgehead atoms.